The van der Waals surface area contributed by atoms with Crippen molar-refractivity contribution in [2.75, 3.05) is 6.61 Å². The summed E-state index contributed by atoms with van der Waals surface area (Å²) in [5.74, 6) is 0.172. The Balaban J connectivity index is 0.00000420. The monoisotopic (exact) mass is 446 g/mol. The van der Waals surface area contributed by atoms with Crippen LogP contribution in [0, 0.1) is 0 Å². The van der Waals surface area contributed by atoms with Crippen LogP contribution in [0.15, 0.2) is 24.3 Å². The van der Waals surface area contributed by atoms with E-state index in [9.17, 15) is 4.79 Å². The number of carbonyl (C=O) groups is 1. The van der Waals surface area contributed by atoms with Gasteiger partial charge in [0.1, 0.15) is 6.54 Å². The van der Waals surface area contributed by atoms with Crippen LogP contribution in [-0.2, 0) is 16.0 Å². The molecule has 0 saturated carbocycles. The van der Waals surface area contributed by atoms with Gasteiger partial charge in [0.25, 0.3) is 0 Å². The maximum atomic E-state index is 12.3. The number of nitrogens with zero attached hydrogens (tertiary/aromatic N) is 4. The van der Waals surface area contributed by atoms with E-state index in [1.807, 2.05) is 19.1 Å². The highest BCUT2D eigenvalue weighted by atomic mass is 35.5. The molecule has 2 rings (SSSR count). The summed E-state index contributed by atoms with van der Waals surface area (Å²) >= 11 is 5.88. The minimum atomic E-state index is -1.77. The number of nitrogens with two attached hydrogens (primary N) is 1. The number of hydrogen-bond acceptors (Lipinski definition) is 8. The third-order valence-electron chi connectivity index (χ3n) is 4.11. The Hall–Kier alpha value is -1.76. The molecule has 0 aliphatic heterocycles. The van der Waals surface area contributed by atoms with E-state index in [4.69, 9.17) is 27.4 Å². The molecular weight excluding hydrogens is 422 g/mol. The molecule has 2 atom stereocenters. The van der Waals surface area contributed by atoms with E-state index < -0.39 is 13.4 Å². The zero-order valence-corrected chi connectivity index (χ0v) is 17.5. The van der Waals surface area contributed by atoms with Gasteiger partial charge in [-0.25, -0.2) is 4.68 Å². The summed E-state index contributed by atoms with van der Waals surface area (Å²) in [5, 5.41) is 32.1. The molecule has 29 heavy (non-hydrogen) atoms. The lowest BCUT2D eigenvalue weighted by Crippen LogP contribution is -2.31. The van der Waals surface area contributed by atoms with Crippen molar-refractivity contribution in [3.63, 3.8) is 0 Å². The highest BCUT2D eigenvalue weighted by Gasteiger charge is 2.18. The van der Waals surface area contributed by atoms with Crippen LogP contribution in [0.4, 0.5) is 0 Å². The fourth-order valence-corrected chi connectivity index (χ4v) is 2.76. The van der Waals surface area contributed by atoms with Crippen LogP contribution in [0.5, 0.6) is 0 Å². The maximum Gasteiger partial charge on any atom is 0.633 e. The highest BCUT2D eigenvalue weighted by molar-refractivity contribution is 6.32. The van der Waals surface area contributed by atoms with Gasteiger partial charge in [-0.05, 0) is 54.3 Å². The van der Waals surface area contributed by atoms with E-state index in [2.05, 4.69) is 25.5 Å². The van der Waals surface area contributed by atoms with Gasteiger partial charge in [0.15, 0.2) is 5.82 Å². The Bertz CT molecular complexity index is 749. The fraction of sp³-hybridized carbons (Fsp3) is 0.500. The van der Waals surface area contributed by atoms with E-state index in [1.165, 1.54) is 4.68 Å². The minimum absolute atomic E-state index is 0. The van der Waals surface area contributed by atoms with E-state index in [-0.39, 0.29) is 37.5 Å². The number of amides is 1. The molecule has 0 fully saturated rings. The summed E-state index contributed by atoms with van der Waals surface area (Å²) in [5.41, 5.74) is 7.05. The van der Waals surface area contributed by atoms with Crippen molar-refractivity contribution in [2.24, 2.45) is 5.73 Å². The lowest BCUT2D eigenvalue weighted by Gasteiger charge is -2.15. The lowest BCUT2D eigenvalue weighted by atomic mass is 10.1. The average molecular weight is 447 g/mol. The molecule has 1 unspecified atom stereocenters. The second-order valence-corrected chi connectivity index (χ2v) is 6.77. The van der Waals surface area contributed by atoms with Crippen LogP contribution in [0.3, 0.4) is 0 Å². The molecule has 5 N–H and O–H groups in total. The number of benzene rings is 1. The molecule has 1 aromatic carbocycles. The smallest absolute Gasteiger partial charge is 0.402 e. The zero-order chi connectivity index (χ0) is 20.5. The van der Waals surface area contributed by atoms with Gasteiger partial charge in [0, 0.05) is 11.6 Å². The van der Waals surface area contributed by atoms with Crippen molar-refractivity contribution < 1.29 is 19.5 Å². The van der Waals surface area contributed by atoms with Gasteiger partial charge < -0.3 is 25.8 Å². The Morgan fingerprint density at radius 3 is 2.69 bits per heavy atom. The zero-order valence-electron chi connectivity index (χ0n) is 15.9. The van der Waals surface area contributed by atoms with E-state index in [0.717, 1.165) is 5.56 Å². The van der Waals surface area contributed by atoms with Crippen molar-refractivity contribution in [2.45, 2.75) is 44.8 Å². The molecule has 0 aliphatic carbocycles. The third-order valence-corrected chi connectivity index (χ3v) is 4.36. The first-order chi connectivity index (χ1) is 13.4. The number of unbranched alkanes of at least 4 members (excludes halogenated alkanes) is 1. The van der Waals surface area contributed by atoms with Gasteiger partial charge in [0.2, 0.25) is 5.91 Å². The molecule has 0 saturated heterocycles. The van der Waals surface area contributed by atoms with Gasteiger partial charge in [-0.15, -0.1) is 17.5 Å². The summed E-state index contributed by atoms with van der Waals surface area (Å²) in [6.07, 6.45) is 1.85. The van der Waals surface area contributed by atoms with Gasteiger partial charge >= 0.3 is 7.32 Å². The van der Waals surface area contributed by atoms with Crippen molar-refractivity contribution >= 4 is 37.2 Å². The van der Waals surface area contributed by atoms with Crippen molar-refractivity contribution in [1.29, 1.82) is 0 Å². The van der Waals surface area contributed by atoms with E-state index in [1.54, 1.807) is 12.1 Å². The largest absolute Gasteiger partial charge is 0.633 e. The van der Waals surface area contributed by atoms with Crippen LogP contribution in [0.1, 0.15) is 49.7 Å². The Labute approximate surface area is 180 Å². The molecule has 1 aromatic heterocycles. The first-order valence-electron chi connectivity index (χ1n) is 8.91. The molecule has 0 aliphatic rings. The number of halogens is 2. The molecular formula is C16H25BCl2N6O4. The van der Waals surface area contributed by atoms with Crippen molar-refractivity contribution in [3.05, 3.63) is 40.7 Å². The first-order valence-corrected chi connectivity index (χ1v) is 9.29. The SMILES string of the molecule is C[C@H](NC(=O)Cn1nnnc1C(N)CCCCOB(O)O)c1ccc(Cl)cc1.Cl. The van der Waals surface area contributed by atoms with Crippen LogP contribution in [0.25, 0.3) is 0 Å². The quantitative estimate of drug-likeness (QED) is 0.292. The molecule has 0 radical (unpaired) electrons. The molecule has 160 valence electrons. The summed E-state index contributed by atoms with van der Waals surface area (Å²) in [6.45, 7) is 2.03. The minimum Gasteiger partial charge on any atom is -0.402 e. The van der Waals surface area contributed by atoms with Gasteiger partial charge in [0.05, 0.1) is 12.1 Å². The van der Waals surface area contributed by atoms with Gasteiger partial charge in [-0.3, -0.25) is 4.79 Å². The Morgan fingerprint density at radius 1 is 1.34 bits per heavy atom. The molecule has 13 heteroatoms. The van der Waals surface area contributed by atoms with Crippen LogP contribution in [-0.4, -0.2) is 50.1 Å². The number of hydrogen-bond donors (Lipinski definition) is 4. The summed E-state index contributed by atoms with van der Waals surface area (Å²) in [6, 6.07) is 6.60. The summed E-state index contributed by atoms with van der Waals surface area (Å²) < 4.78 is 6.01. The number of tetrazole rings is 1. The number of carbonyl (C=O) groups excluding carboxylic acids is 1. The first kappa shape index (κ1) is 25.3. The van der Waals surface area contributed by atoms with Crippen molar-refractivity contribution in [3.8, 4) is 0 Å². The molecule has 1 heterocycles. The van der Waals surface area contributed by atoms with Crippen molar-refractivity contribution in [1.82, 2.24) is 25.5 Å². The average Bonchev–Trinajstić information content (AvgIpc) is 3.09. The predicted molar refractivity (Wildman–Crippen MR) is 110 cm³/mol. The second kappa shape index (κ2) is 12.7. The molecule has 2 aromatic rings. The molecule has 0 spiro atoms. The number of nitrogens with one attached hydrogen (secondary N) is 1. The Morgan fingerprint density at radius 2 is 2.03 bits per heavy atom. The molecule has 0 bridgehead atoms. The Kier molecular flexibility index (Phi) is 11.1. The van der Waals surface area contributed by atoms with Crippen LogP contribution in [0.2, 0.25) is 5.02 Å². The van der Waals surface area contributed by atoms with E-state index >= 15 is 0 Å². The molecule has 10 nitrogen and oxygen atoms in total. The third kappa shape index (κ3) is 8.64. The number of rotatable bonds is 11. The van der Waals surface area contributed by atoms with E-state index in [0.29, 0.717) is 30.1 Å². The normalized spacial score (nSPS) is 12.7. The standard InChI is InChI=1S/C16H24BClN6O4.ClH/c1-11(12-5-7-13(18)8-6-12)20-15(25)10-24-16(21-22-23-24)14(19)4-2-3-9-28-17(26)27;/h5-8,11,14,26-27H,2-4,9-10,19H2,1H3,(H,20,25);1H/t11-,14?;/m0./s1. The van der Waals surface area contributed by atoms with Crippen LogP contribution >= 0.6 is 24.0 Å². The predicted octanol–water partition coefficient (Wildman–Crippen LogP) is 0.782. The molecule has 1 amide bonds. The highest BCUT2D eigenvalue weighted by Crippen LogP contribution is 2.17. The fourth-order valence-electron chi connectivity index (χ4n) is 2.63. The lowest BCUT2D eigenvalue weighted by molar-refractivity contribution is -0.122. The second-order valence-electron chi connectivity index (χ2n) is 6.33. The van der Waals surface area contributed by atoms with Gasteiger partial charge in [-0.1, -0.05) is 23.7 Å². The van der Waals surface area contributed by atoms with Crippen LogP contribution < -0.4 is 11.1 Å². The summed E-state index contributed by atoms with van der Waals surface area (Å²) in [4.78, 5) is 12.3. The topological polar surface area (TPSA) is 148 Å². The number of aromatic nitrogens is 4. The van der Waals surface area contributed by atoms with Gasteiger partial charge in [-0.2, -0.15) is 0 Å². The summed E-state index contributed by atoms with van der Waals surface area (Å²) in [7, 11) is -1.77. The maximum absolute atomic E-state index is 12.3.